The Morgan fingerprint density at radius 1 is 1.17 bits per heavy atom. The molecule has 1 fully saturated rings. The Kier molecular flexibility index (Phi) is 4.44. The summed E-state index contributed by atoms with van der Waals surface area (Å²) in [7, 11) is 1.68. The van der Waals surface area contributed by atoms with Gasteiger partial charge in [-0.2, -0.15) is 0 Å². The molecule has 0 spiro atoms. The molecule has 18 heavy (non-hydrogen) atoms. The minimum atomic E-state index is -0.238. The van der Waals surface area contributed by atoms with Gasteiger partial charge < -0.3 is 14.7 Å². The number of aliphatic hydroxyl groups is 1. The standard InChI is InChI=1S/C14H22N2O2/c1-12(17)11-15-7-9-16(10-8-15)13-3-5-14(18-2)6-4-13/h3-6,12,17H,7-11H2,1-2H3/t12-/m0/s1. The normalized spacial score (nSPS) is 18.7. The first-order valence-corrected chi connectivity index (χ1v) is 6.48. The minimum absolute atomic E-state index is 0.238. The van der Waals surface area contributed by atoms with Crippen LogP contribution in [-0.2, 0) is 0 Å². The van der Waals surface area contributed by atoms with Crippen LogP contribution in [0.25, 0.3) is 0 Å². The first-order chi connectivity index (χ1) is 8.69. The van der Waals surface area contributed by atoms with Crippen molar-refractivity contribution in [2.24, 2.45) is 0 Å². The maximum Gasteiger partial charge on any atom is 0.119 e. The van der Waals surface area contributed by atoms with Gasteiger partial charge in [0.05, 0.1) is 13.2 Å². The van der Waals surface area contributed by atoms with Gasteiger partial charge in [0.25, 0.3) is 0 Å². The minimum Gasteiger partial charge on any atom is -0.497 e. The van der Waals surface area contributed by atoms with Gasteiger partial charge in [-0.3, -0.25) is 4.90 Å². The van der Waals surface area contributed by atoms with Crippen molar-refractivity contribution in [3.8, 4) is 5.75 Å². The molecule has 0 bridgehead atoms. The van der Waals surface area contributed by atoms with Crippen LogP contribution in [0.1, 0.15) is 6.92 Å². The largest absolute Gasteiger partial charge is 0.497 e. The molecule has 1 aliphatic rings. The molecule has 0 aliphatic carbocycles. The Labute approximate surface area is 109 Å². The van der Waals surface area contributed by atoms with E-state index >= 15 is 0 Å². The third-order valence-corrected chi connectivity index (χ3v) is 3.33. The van der Waals surface area contributed by atoms with Gasteiger partial charge in [0.1, 0.15) is 5.75 Å². The molecule has 1 aliphatic heterocycles. The highest BCUT2D eigenvalue weighted by molar-refractivity contribution is 5.49. The van der Waals surface area contributed by atoms with Crippen molar-refractivity contribution in [3.05, 3.63) is 24.3 Å². The number of hydrogen-bond donors (Lipinski definition) is 1. The van der Waals surface area contributed by atoms with Gasteiger partial charge >= 0.3 is 0 Å². The van der Waals surface area contributed by atoms with Crippen LogP contribution < -0.4 is 9.64 Å². The molecule has 1 heterocycles. The summed E-state index contributed by atoms with van der Waals surface area (Å²) < 4.78 is 5.16. The highest BCUT2D eigenvalue weighted by atomic mass is 16.5. The molecular formula is C14H22N2O2. The maximum atomic E-state index is 9.38. The molecular weight excluding hydrogens is 228 g/mol. The van der Waals surface area contributed by atoms with E-state index in [4.69, 9.17) is 4.74 Å². The number of methoxy groups -OCH3 is 1. The number of aliphatic hydroxyl groups excluding tert-OH is 1. The van der Waals surface area contributed by atoms with Gasteiger partial charge in [-0.05, 0) is 31.2 Å². The zero-order chi connectivity index (χ0) is 13.0. The second-order valence-corrected chi connectivity index (χ2v) is 4.83. The quantitative estimate of drug-likeness (QED) is 0.871. The third kappa shape index (κ3) is 3.37. The maximum absolute atomic E-state index is 9.38. The Hall–Kier alpha value is -1.26. The molecule has 4 heteroatoms. The lowest BCUT2D eigenvalue weighted by Gasteiger charge is -2.36. The van der Waals surface area contributed by atoms with Gasteiger partial charge in [0.2, 0.25) is 0 Å². The van der Waals surface area contributed by atoms with E-state index in [2.05, 4.69) is 21.9 Å². The lowest BCUT2D eigenvalue weighted by Crippen LogP contribution is -2.48. The fourth-order valence-corrected chi connectivity index (χ4v) is 2.36. The van der Waals surface area contributed by atoms with Crippen LogP contribution in [0.2, 0.25) is 0 Å². The van der Waals surface area contributed by atoms with E-state index in [-0.39, 0.29) is 6.10 Å². The summed E-state index contributed by atoms with van der Waals surface area (Å²) in [6.07, 6.45) is -0.238. The van der Waals surface area contributed by atoms with E-state index in [0.29, 0.717) is 0 Å². The molecule has 100 valence electrons. The Balaban J connectivity index is 1.88. The van der Waals surface area contributed by atoms with Crippen molar-refractivity contribution >= 4 is 5.69 Å². The van der Waals surface area contributed by atoms with E-state index in [1.54, 1.807) is 7.11 Å². The van der Waals surface area contributed by atoms with Gasteiger partial charge in [-0.15, -0.1) is 0 Å². The first-order valence-electron chi connectivity index (χ1n) is 6.48. The predicted molar refractivity (Wildman–Crippen MR) is 73.3 cm³/mol. The van der Waals surface area contributed by atoms with Crippen molar-refractivity contribution in [1.82, 2.24) is 4.90 Å². The number of piperazine rings is 1. The first kappa shape index (κ1) is 13.2. The average molecular weight is 250 g/mol. The van der Waals surface area contributed by atoms with Crippen LogP contribution in [0.5, 0.6) is 5.75 Å². The fraction of sp³-hybridized carbons (Fsp3) is 0.571. The number of β-amino-alcohol motifs (C(OH)–C–C–N with tert-alkyl or cyclic N) is 1. The zero-order valence-electron chi connectivity index (χ0n) is 11.2. The van der Waals surface area contributed by atoms with Crippen LogP contribution in [0.3, 0.4) is 0 Å². The average Bonchev–Trinajstić information content (AvgIpc) is 2.39. The molecule has 4 nitrogen and oxygen atoms in total. The van der Waals surface area contributed by atoms with E-state index in [0.717, 1.165) is 38.5 Å². The molecule has 0 aromatic heterocycles. The monoisotopic (exact) mass is 250 g/mol. The van der Waals surface area contributed by atoms with Crippen LogP contribution in [0.4, 0.5) is 5.69 Å². The molecule has 1 atom stereocenters. The molecule has 1 N–H and O–H groups in total. The summed E-state index contributed by atoms with van der Waals surface area (Å²) in [5, 5.41) is 9.38. The number of benzene rings is 1. The predicted octanol–water partition coefficient (Wildman–Crippen LogP) is 1.20. The molecule has 1 saturated heterocycles. The number of anilines is 1. The molecule has 1 aromatic carbocycles. The summed E-state index contributed by atoms with van der Waals surface area (Å²) in [4.78, 5) is 4.68. The van der Waals surface area contributed by atoms with Gasteiger partial charge in [-0.25, -0.2) is 0 Å². The SMILES string of the molecule is COc1ccc(N2CCN(C[C@H](C)O)CC2)cc1. The lowest BCUT2D eigenvalue weighted by molar-refractivity contribution is 0.122. The topological polar surface area (TPSA) is 35.9 Å². The Morgan fingerprint density at radius 2 is 1.78 bits per heavy atom. The van der Waals surface area contributed by atoms with Gasteiger partial charge in [0, 0.05) is 38.4 Å². The number of nitrogens with zero attached hydrogens (tertiary/aromatic N) is 2. The summed E-state index contributed by atoms with van der Waals surface area (Å²) in [6.45, 7) is 6.66. The summed E-state index contributed by atoms with van der Waals surface area (Å²) in [5.74, 6) is 0.895. The van der Waals surface area contributed by atoms with E-state index in [1.807, 2.05) is 19.1 Å². The second kappa shape index (κ2) is 6.07. The highest BCUT2D eigenvalue weighted by Gasteiger charge is 2.17. The molecule has 0 radical (unpaired) electrons. The van der Waals surface area contributed by atoms with Crippen molar-refractivity contribution in [2.45, 2.75) is 13.0 Å². The Bertz CT molecular complexity index is 357. The lowest BCUT2D eigenvalue weighted by atomic mass is 10.2. The zero-order valence-corrected chi connectivity index (χ0v) is 11.2. The smallest absolute Gasteiger partial charge is 0.119 e. The fourth-order valence-electron chi connectivity index (χ4n) is 2.36. The molecule has 0 unspecified atom stereocenters. The molecule has 1 aromatic rings. The second-order valence-electron chi connectivity index (χ2n) is 4.83. The summed E-state index contributed by atoms with van der Waals surface area (Å²) >= 11 is 0. The number of hydrogen-bond acceptors (Lipinski definition) is 4. The van der Waals surface area contributed by atoms with Crippen molar-refractivity contribution in [3.63, 3.8) is 0 Å². The highest BCUT2D eigenvalue weighted by Crippen LogP contribution is 2.20. The van der Waals surface area contributed by atoms with Crippen LogP contribution in [0.15, 0.2) is 24.3 Å². The van der Waals surface area contributed by atoms with Crippen LogP contribution in [-0.4, -0.2) is 55.9 Å². The van der Waals surface area contributed by atoms with Crippen LogP contribution >= 0.6 is 0 Å². The molecule has 0 saturated carbocycles. The Morgan fingerprint density at radius 3 is 2.28 bits per heavy atom. The number of ether oxygens (including phenoxy) is 1. The van der Waals surface area contributed by atoms with Crippen molar-refractivity contribution in [1.29, 1.82) is 0 Å². The van der Waals surface area contributed by atoms with Gasteiger partial charge in [0.15, 0.2) is 0 Å². The summed E-state index contributed by atoms with van der Waals surface area (Å²) in [6, 6.07) is 8.20. The number of rotatable bonds is 4. The molecule has 0 amide bonds. The van der Waals surface area contributed by atoms with E-state index in [1.165, 1.54) is 5.69 Å². The van der Waals surface area contributed by atoms with E-state index < -0.39 is 0 Å². The molecule has 2 rings (SSSR count). The third-order valence-electron chi connectivity index (χ3n) is 3.33. The van der Waals surface area contributed by atoms with Crippen molar-refractivity contribution in [2.75, 3.05) is 44.7 Å². The van der Waals surface area contributed by atoms with Crippen molar-refractivity contribution < 1.29 is 9.84 Å². The van der Waals surface area contributed by atoms with E-state index in [9.17, 15) is 5.11 Å². The van der Waals surface area contributed by atoms with Gasteiger partial charge in [-0.1, -0.05) is 0 Å². The van der Waals surface area contributed by atoms with Crippen LogP contribution in [0, 0.1) is 0 Å². The summed E-state index contributed by atoms with van der Waals surface area (Å²) in [5.41, 5.74) is 1.24.